The zero-order chi connectivity index (χ0) is 13.7. The van der Waals surface area contributed by atoms with E-state index in [1.807, 2.05) is 6.07 Å². The highest BCUT2D eigenvalue weighted by Gasteiger charge is 2.19. The van der Waals surface area contributed by atoms with Crippen molar-refractivity contribution in [2.45, 2.75) is 30.2 Å². The molecule has 0 bridgehead atoms. The Bertz CT molecular complexity index is 558. The standard InChI is InChI=1S/C12H16N4O2S/c13-8-11-4-5-12(9-15-11)19(17,18)16-7-1-6-14-10-2-3-10/h4-5,9-10,14,16H,1-3,6-7H2. The molecule has 1 heterocycles. The fourth-order valence-corrected chi connectivity index (χ4v) is 2.60. The highest BCUT2D eigenvalue weighted by atomic mass is 32.2. The van der Waals surface area contributed by atoms with Gasteiger partial charge in [-0.05, 0) is 37.9 Å². The Morgan fingerprint density at radius 1 is 1.37 bits per heavy atom. The molecule has 0 unspecified atom stereocenters. The Morgan fingerprint density at radius 2 is 2.16 bits per heavy atom. The monoisotopic (exact) mass is 280 g/mol. The Kier molecular flexibility index (Phi) is 4.47. The van der Waals surface area contributed by atoms with E-state index in [2.05, 4.69) is 15.0 Å². The SMILES string of the molecule is N#Cc1ccc(S(=O)(=O)NCCCNC2CC2)cn1. The molecule has 0 atom stereocenters. The van der Waals surface area contributed by atoms with Crippen LogP contribution in [0, 0.1) is 11.3 Å². The average Bonchev–Trinajstić information content (AvgIpc) is 3.22. The van der Waals surface area contributed by atoms with Gasteiger partial charge in [0.15, 0.2) is 0 Å². The van der Waals surface area contributed by atoms with Crippen LogP contribution in [0.15, 0.2) is 23.2 Å². The Hall–Kier alpha value is -1.49. The molecule has 0 aliphatic heterocycles. The topological polar surface area (TPSA) is 94.9 Å². The van der Waals surface area contributed by atoms with Crippen LogP contribution in [0.4, 0.5) is 0 Å². The molecule has 0 spiro atoms. The third-order valence-corrected chi connectivity index (χ3v) is 4.26. The van der Waals surface area contributed by atoms with Crippen LogP contribution in [-0.2, 0) is 10.0 Å². The maximum absolute atomic E-state index is 11.9. The Morgan fingerprint density at radius 3 is 2.74 bits per heavy atom. The van der Waals surface area contributed by atoms with Crippen LogP contribution in [0.2, 0.25) is 0 Å². The van der Waals surface area contributed by atoms with Gasteiger partial charge in [-0.1, -0.05) is 0 Å². The van der Waals surface area contributed by atoms with E-state index in [0.29, 0.717) is 12.6 Å². The van der Waals surface area contributed by atoms with Gasteiger partial charge in [0.25, 0.3) is 0 Å². The summed E-state index contributed by atoms with van der Waals surface area (Å²) in [5.41, 5.74) is 0.201. The minimum atomic E-state index is -3.52. The van der Waals surface area contributed by atoms with Crippen LogP contribution in [0.3, 0.4) is 0 Å². The quantitative estimate of drug-likeness (QED) is 0.704. The van der Waals surface area contributed by atoms with E-state index in [-0.39, 0.29) is 10.6 Å². The second-order valence-corrected chi connectivity index (χ2v) is 6.24. The number of nitrogens with zero attached hydrogens (tertiary/aromatic N) is 2. The summed E-state index contributed by atoms with van der Waals surface area (Å²) in [5, 5.41) is 11.9. The minimum absolute atomic E-state index is 0.0849. The highest BCUT2D eigenvalue weighted by Crippen LogP contribution is 2.18. The Labute approximate surface area is 112 Å². The van der Waals surface area contributed by atoms with Crippen molar-refractivity contribution in [2.24, 2.45) is 0 Å². The first-order valence-corrected chi connectivity index (χ1v) is 7.69. The summed E-state index contributed by atoms with van der Waals surface area (Å²) in [6.45, 7) is 1.21. The number of rotatable bonds is 7. The van der Waals surface area contributed by atoms with Crippen LogP contribution in [0.5, 0.6) is 0 Å². The molecule has 0 saturated heterocycles. The second-order valence-electron chi connectivity index (χ2n) is 4.47. The first-order chi connectivity index (χ1) is 9.12. The van der Waals surface area contributed by atoms with Gasteiger partial charge in [-0.25, -0.2) is 18.1 Å². The summed E-state index contributed by atoms with van der Waals surface area (Å²) in [6.07, 6.45) is 4.40. The summed E-state index contributed by atoms with van der Waals surface area (Å²) in [6, 6.07) is 5.26. The van der Waals surface area contributed by atoms with Gasteiger partial charge in [0.1, 0.15) is 16.7 Å². The van der Waals surface area contributed by atoms with Crippen molar-refractivity contribution in [3.05, 3.63) is 24.0 Å². The lowest BCUT2D eigenvalue weighted by molar-refractivity contribution is 0.573. The van der Waals surface area contributed by atoms with Crippen molar-refractivity contribution in [2.75, 3.05) is 13.1 Å². The van der Waals surface area contributed by atoms with Crippen molar-refractivity contribution in [1.82, 2.24) is 15.0 Å². The first-order valence-electron chi connectivity index (χ1n) is 6.21. The lowest BCUT2D eigenvalue weighted by atomic mass is 10.4. The molecule has 0 amide bonds. The summed E-state index contributed by atoms with van der Waals surface area (Å²) in [7, 11) is -3.52. The molecule has 1 aromatic heterocycles. The fourth-order valence-electron chi connectivity index (χ4n) is 1.58. The van der Waals surface area contributed by atoms with Gasteiger partial charge in [-0.15, -0.1) is 0 Å². The molecule has 0 radical (unpaired) electrons. The molecule has 19 heavy (non-hydrogen) atoms. The molecule has 1 aliphatic rings. The number of hydrogen-bond acceptors (Lipinski definition) is 5. The summed E-state index contributed by atoms with van der Waals surface area (Å²) < 4.78 is 26.3. The first kappa shape index (κ1) is 13.9. The van der Waals surface area contributed by atoms with E-state index in [1.54, 1.807) is 0 Å². The van der Waals surface area contributed by atoms with Crippen molar-refractivity contribution in [3.63, 3.8) is 0 Å². The summed E-state index contributed by atoms with van der Waals surface area (Å²) >= 11 is 0. The van der Waals surface area contributed by atoms with Gasteiger partial charge in [0.2, 0.25) is 10.0 Å². The van der Waals surface area contributed by atoms with E-state index >= 15 is 0 Å². The minimum Gasteiger partial charge on any atom is -0.314 e. The lowest BCUT2D eigenvalue weighted by Gasteiger charge is -2.06. The number of hydrogen-bond donors (Lipinski definition) is 2. The maximum atomic E-state index is 11.9. The molecule has 7 heteroatoms. The van der Waals surface area contributed by atoms with Crippen LogP contribution in [0.25, 0.3) is 0 Å². The van der Waals surface area contributed by atoms with Gasteiger partial charge in [-0.2, -0.15) is 5.26 Å². The predicted octanol–water partition coefficient (Wildman–Crippen LogP) is 0.374. The van der Waals surface area contributed by atoms with E-state index in [4.69, 9.17) is 5.26 Å². The van der Waals surface area contributed by atoms with Crippen molar-refractivity contribution in [3.8, 4) is 6.07 Å². The number of nitriles is 1. The zero-order valence-electron chi connectivity index (χ0n) is 10.5. The van der Waals surface area contributed by atoms with E-state index < -0.39 is 10.0 Å². The maximum Gasteiger partial charge on any atom is 0.242 e. The molecular weight excluding hydrogens is 264 g/mol. The smallest absolute Gasteiger partial charge is 0.242 e. The molecule has 2 rings (SSSR count). The third-order valence-electron chi connectivity index (χ3n) is 2.82. The van der Waals surface area contributed by atoms with E-state index in [1.165, 1.54) is 31.2 Å². The molecule has 1 aliphatic carbocycles. The summed E-state index contributed by atoms with van der Waals surface area (Å²) in [4.78, 5) is 3.83. The van der Waals surface area contributed by atoms with E-state index in [0.717, 1.165) is 13.0 Å². The van der Waals surface area contributed by atoms with Crippen LogP contribution in [0.1, 0.15) is 25.0 Å². The number of sulfonamides is 1. The number of nitrogens with one attached hydrogen (secondary N) is 2. The van der Waals surface area contributed by atoms with Crippen LogP contribution >= 0.6 is 0 Å². The molecule has 0 aromatic carbocycles. The molecule has 102 valence electrons. The normalized spacial score (nSPS) is 15.1. The largest absolute Gasteiger partial charge is 0.314 e. The number of pyridine rings is 1. The molecule has 2 N–H and O–H groups in total. The van der Waals surface area contributed by atoms with Crippen molar-refractivity contribution >= 4 is 10.0 Å². The molecule has 1 aromatic rings. The second kappa shape index (κ2) is 6.10. The van der Waals surface area contributed by atoms with Crippen molar-refractivity contribution < 1.29 is 8.42 Å². The zero-order valence-corrected chi connectivity index (χ0v) is 11.3. The average molecular weight is 280 g/mol. The molecule has 6 nitrogen and oxygen atoms in total. The fraction of sp³-hybridized carbons (Fsp3) is 0.500. The van der Waals surface area contributed by atoms with Crippen LogP contribution < -0.4 is 10.0 Å². The third kappa shape index (κ3) is 4.28. The Balaban J connectivity index is 1.80. The van der Waals surface area contributed by atoms with Gasteiger partial charge in [-0.3, -0.25) is 0 Å². The highest BCUT2D eigenvalue weighted by molar-refractivity contribution is 7.89. The number of aromatic nitrogens is 1. The lowest BCUT2D eigenvalue weighted by Crippen LogP contribution is -2.28. The molecule has 1 fully saturated rings. The van der Waals surface area contributed by atoms with E-state index in [9.17, 15) is 8.42 Å². The van der Waals surface area contributed by atoms with Gasteiger partial charge in [0.05, 0.1) is 0 Å². The van der Waals surface area contributed by atoms with Gasteiger partial charge >= 0.3 is 0 Å². The predicted molar refractivity (Wildman–Crippen MR) is 69.8 cm³/mol. The van der Waals surface area contributed by atoms with Gasteiger partial charge < -0.3 is 5.32 Å². The summed E-state index contributed by atoms with van der Waals surface area (Å²) in [5.74, 6) is 0. The van der Waals surface area contributed by atoms with Gasteiger partial charge in [0, 0.05) is 18.8 Å². The molecular formula is C12H16N4O2S. The molecule has 1 saturated carbocycles. The van der Waals surface area contributed by atoms with Crippen LogP contribution in [-0.4, -0.2) is 32.5 Å². The van der Waals surface area contributed by atoms with Crippen molar-refractivity contribution in [1.29, 1.82) is 5.26 Å².